The number of hydrogen-bond acceptors (Lipinski definition) is 4. The Bertz CT molecular complexity index is 618. The Morgan fingerprint density at radius 1 is 1.33 bits per heavy atom. The highest BCUT2D eigenvalue weighted by Gasteiger charge is 2.14. The van der Waals surface area contributed by atoms with Crippen LogP contribution >= 0.6 is 0 Å². The Hall–Kier alpha value is -2.27. The molecule has 0 atom stereocenters. The van der Waals surface area contributed by atoms with Gasteiger partial charge in [0, 0.05) is 17.7 Å². The van der Waals surface area contributed by atoms with Crippen LogP contribution < -0.4 is 10.1 Å². The van der Waals surface area contributed by atoms with Crippen molar-refractivity contribution in [2.45, 2.75) is 26.9 Å². The number of hydrogen-bond donors (Lipinski definition) is 2. The van der Waals surface area contributed by atoms with E-state index in [0.717, 1.165) is 0 Å². The van der Waals surface area contributed by atoms with Crippen LogP contribution in [0.5, 0.6) is 5.75 Å². The van der Waals surface area contributed by atoms with Gasteiger partial charge in [-0.05, 0) is 31.2 Å². The number of carbonyl (C=O) groups excluding carboxylic acids is 1. The molecule has 0 bridgehead atoms. The molecule has 1 aromatic heterocycles. The van der Waals surface area contributed by atoms with E-state index in [1.54, 1.807) is 24.3 Å². The maximum Gasteiger partial charge on any atom is 0.259 e. The number of furan rings is 1. The Kier molecular flexibility index (Phi) is 5.00. The molecule has 1 aromatic carbocycles. The van der Waals surface area contributed by atoms with Crippen molar-refractivity contribution in [3.05, 3.63) is 47.4 Å². The van der Waals surface area contributed by atoms with Gasteiger partial charge >= 0.3 is 0 Å². The van der Waals surface area contributed by atoms with Crippen molar-refractivity contribution in [3.63, 3.8) is 0 Å². The third-order valence-corrected chi connectivity index (χ3v) is 3.10. The lowest BCUT2D eigenvalue weighted by molar-refractivity contribution is 0.102. The number of rotatable bonds is 6. The molecule has 0 saturated heterocycles. The summed E-state index contributed by atoms with van der Waals surface area (Å²) in [4.78, 5) is 12.2. The van der Waals surface area contributed by atoms with Crippen molar-refractivity contribution in [1.29, 1.82) is 0 Å². The summed E-state index contributed by atoms with van der Waals surface area (Å²) < 4.78 is 10.7. The Balaban J connectivity index is 2.18. The SMILES string of the molecule is CCOc1ccc(NC(=O)c2ccoc2CC)cc1CO. The van der Waals surface area contributed by atoms with E-state index in [4.69, 9.17) is 9.15 Å². The van der Waals surface area contributed by atoms with Gasteiger partial charge in [-0.15, -0.1) is 0 Å². The van der Waals surface area contributed by atoms with Crippen LogP contribution in [0.4, 0.5) is 5.69 Å². The summed E-state index contributed by atoms with van der Waals surface area (Å²) in [6, 6.07) is 6.83. The lowest BCUT2D eigenvalue weighted by atomic mass is 10.1. The number of ether oxygens (including phenoxy) is 1. The van der Waals surface area contributed by atoms with E-state index < -0.39 is 0 Å². The molecule has 0 radical (unpaired) electrons. The van der Waals surface area contributed by atoms with Crippen molar-refractivity contribution >= 4 is 11.6 Å². The highest BCUT2D eigenvalue weighted by atomic mass is 16.5. The van der Waals surface area contributed by atoms with Crippen molar-refractivity contribution in [2.24, 2.45) is 0 Å². The summed E-state index contributed by atoms with van der Waals surface area (Å²) in [6.45, 7) is 4.18. The highest BCUT2D eigenvalue weighted by Crippen LogP contribution is 2.24. The van der Waals surface area contributed by atoms with E-state index in [1.165, 1.54) is 6.26 Å². The molecule has 0 aliphatic heterocycles. The molecule has 0 aliphatic carbocycles. The van der Waals surface area contributed by atoms with Gasteiger partial charge in [0.05, 0.1) is 25.0 Å². The molecule has 112 valence electrons. The van der Waals surface area contributed by atoms with Gasteiger partial charge in [-0.2, -0.15) is 0 Å². The second kappa shape index (κ2) is 6.95. The van der Waals surface area contributed by atoms with Crippen LogP contribution in [-0.2, 0) is 13.0 Å². The fourth-order valence-corrected chi connectivity index (χ4v) is 2.09. The second-order valence-electron chi connectivity index (χ2n) is 4.48. The van der Waals surface area contributed by atoms with Gasteiger partial charge < -0.3 is 19.6 Å². The Morgan fingerprint density at radius 3 is 2.81 bits per heavy atom. The number of aliphatic hydroxyl groups is 1. The van der Waals surface area contributed by atoms with Gasteiger partial charge in [0.15, 0.2) is 0 Å². The largest absolute Gasteiger partial charge is 0.494 e. The van der Waals surface area contributed by atoms with Crippen LogP contribution in [0.15, 0.2) is 34.9 Å². The molecule has 0 saturated carbocycles. The minimum absolute atomic E-state index is 0.148. The Labute approximate surface area is 123 Å². The first kappa shape index (κ1) is 15.1. The first-order valence-corrected chi connectivity index (χ1v) is 6.93. The number of anilines is 1. The third kappa shape index (κ3) is 3.44. The summed E-state index contributed by atoms with van der Waals surface area (Å²) in [7, 11) is 0. The molecule has 5 nitrogen and oxygen atoms in total. The number of aliphatic hydroxyl groups excluding tert-OH is 1. The van der Waals surface area contributed by atoms with Gasteiger partial charge in [0.2, 0.25) is 0 Å². The van der Waals surface area contributed by atoms with Gasteiger partial charge in [0.1, 0.15) is 11.5 Å². The number of nitrogens with one attached hydrogen (secondary N) is 1. The van der Waals surface area contributed by atoms with Crippen molar-refractivity contribution in [1.82, 2.24) is 0 Å². The zero-order valence-electron chi connectivity index (χ0n) is 12.2. The van der Waals surface area contributed by atoms with Crippen LogP contribution in [0.2, 0.25) is 0 Å². The number of aryl methyl sites for hydroxylation is 1. The summed E-state index contributed by atoms with van der Waals surface area (Å²) in [6.07, 6.45) is 2.16. The fraction of sp³-hybridized carbons (Fsp3) is 0.312. The molecule has 2 aromatic rings. The third-order valence-electron chi connectivity index (χ3n) is 3.10. The first-order valence-electron chi connectivity index (χ1n) is 6.93. The van der Waals surface area contributed by atoms with E-state index >= 15 is 0 Å². The zero-order chi connectivity index (χ0) is 15.2. The zero-order valence-corrected chi connectivity index (χ0v) is 12.2. The lowest BCUT2D eigenvalue weighted by Crippen LogP contribution is -2.13. The first-order chi connectivity index (χ1) is 10.2. The van der Waals surface area contributed by atoms with E-state index in [1.807, 2.05) is 13.8 Å². The number of amides is 1. The summed E-state index contributed by atoms with van der Waals surface area (Å²) in [5.41, 5.74) is 1.77. The molecule has 5 heteroatoms. The summed E-state index contributed by atoms with van der Waals surface area (Å²) in [5.74, 6) is 1.05. The molecule has 0 spiro atoms. The van der Waals surface area contributed by atoms with Gasteiger partial charge in [-0.1, -0.05) is 6.92 Å². The quantitative estimate of drug-likeness (QED) is 0.857. The second-order valence-corrected chi connectivity index (χ2v) is 4.48. The van der Waals surface area contributed by atoms with Crippen LogP contribution in [0, 0.1) is 0 Å². The molecule has 1 heterocycles. The number of carbonyl (C=O) groups is 1. The van der Waals surface area contributed by atoms with Gasteiger partial charge in [-0.25, -0.2) is 0 Å². The molecule has 2 N–H and O–H groups in total. The van der Waals surface area contributed by atoms with E-state index in [0.29, 0.717) is 41.4 Å². The standard InChI is InChI=1S/C16H19NO4/c1-3-14-13(7-8-21-14)16(19)17-12-5-6-15(20-4-2)11(9-12)10-18/h5-9,18H,3-4,10H2,1-2H3,(H,17,19). The molecule has 0 aliphatic rings. The minimum atomic E-state index is -0.228. The van der Waals surface area contributed by atoms with Crippen LogP contribution in [-0.4, -0.2) is 17.6 Å². The molecular formula is C16H19NO4. The topological polar surface area (TPSA) is 71.7 Å². The molecule has 2 rings (SSSR count). The molecule has 0 fully saturated rings. The minimum Gasteiger partial charge on any atom is -0.494 e. The maximum absolute atomic E-state index is 12.2. The normalized spacial score (nSPS) is 10.4. The van der Waals surface area contributed by atoms with Crippen LogP contribution in [0.3, 0.4) is 0 Å². The van der Waals surface area contributed by atoms with Crippen molar-refractivity contribution in [3.8, 4) is 5.75 Å². The number of benzene rings is 1. The lowest BCUT2D eigenvalue weighted by Gasteiger charge is -2.11. The average molecular weight is 289 g/mol. The predicted molar refractivity (Wildman–Crippen MR) is 79.6 cm³/mol. The van der Waals surface area contributed by atoms with Crippen molar-refractivity contribution < 1.29 is 19.1 Å². The molecule has 0 unspecified atom stereocenters. The van der Waals surface area contributed by atoms with Gasteiger partial charge in [-0.3, -0.25) is 4.79 Å². The smallest absolute Gasteiger partial charge is 0.259 e. The summed E-state index contributed by atoms with van der Waals surface area (Å²) in [5, 5.41) is 12.2. The monoisotopic (exact) mass is 289 g/mol. The van der Waals surface area contributed by atoms with Gasteiger partial charge in [0.25, 0.3) is 5.91 Å². The van der Waals surface area contributed by atoms with E-state index in [-0.39, 0.29) is 12.5 Å². The van der Waals surface area contributed by atoms with Crippen molar-refractivity contribution in [2.75, 3.05) is 11.9 Å². The average Bonchev–Trinajstić information content (AvgIpc) is 2.97. The van der Waals surface area contributed by atoms with E-state index in [9.17, 15) is 9.90 Å². The van der Waals surface area contributed by atoms with Crippen LogP contribution in [0.25, 0.3) is 0 Å². The predicted octanol–water partition coefficient (Wildman–Crippen LogP) is 2.99. The van der Waals surface area contributed by atoms with E-state index in [2.05, 4.69) is 5.32 Å². The molecule has 21 heavy (non-hydrogen) atoms. The fourth-order valence-electron chi connectivity index (χ4n) is 2.09. The molecular weight excluding hydrogens is 270 g/mol. The Morgan fingerprint density at radius 2 is 2.14 bits per heavy atom. The highest BCUT2D eigenvalue weighted by molar-refractivity contribution is 6.05. The summed E-state index contributed by atoms with van der Waals surface area (Å²) >= 11 is 0. The van der Waals surface area contributed by atoms with Crippen LogP contribution in [0.1, 0.15) is 35.5 Å². The maximum atomic E-state index is 12.2. The molecule has 1 amide bonds.